The van der Waals surface area contributed by atoms with Gasteiger partial charge in [-0.1, -0.05) is 0 Å². The molecule has 0 aliphatic carbocycles. The molecule has 2 aromatic rings. The van der Waals surface area contributed by atoms with Crippen LogP contribution in [0.1, 0.15) is 34.8 Å². The van der Waals surface area contributed by atoms with Gasteiger partial charge in [0, 0.05) is 31.7 Å². The summed E-state index contributed by atoms with van der Waals surface area (Å²) in [6.45, 7) is 4.38. The van der Waals surface area contributed by atoms with Gasteiger partial charge in [0.1, 0.15) is 12.3 Å². The molecule has 0 N–H and O–H groups in total. The van der Waals surface area contributed by atoms with Crippen LogP contribution in [-0.4, -0.2) is 72.1 Å². The maximum absolute atomic E-state index is 13.0. The van der Waals surface area contributed by atoms with Crippen LogP contribution in [0.25, 0.3) is 0 Å². The average molecular weight is 425 g/mol. The lowest BCUT2D eigenvalue weighted by Crippen LogP contribution is -2.54. The Labute approximate surface area is 179 Å². The second kappa shape index (κ2) is 8.25. The number of carbonyl (C=O) groups is 4. The quantitative estimate of drug-likeness (QED) is 0.690. The van der Waals surface area contributed by atoms with Gasteiger partial charge in [-0.05, 0) is 44.2 Å². The number of ether oxygens (including phenoxy) is 1. The Morgan fingerprint density at radius 2 is 1.77 bits per heavy atom. The molecule has 162 valence electrons. The highest BCUT2D eigenvalue weighted by Crippen LogP contribution is 2.35. The molecule has 9 heteroatoms. The fourth-order valence-corrected chi connectivity index (χ4v) is 3.74. The molecule has 3 heterocycles. The summed E-state index contributed by atoms with van der Waals surface area (Å²) in [4.78, 5) is 54.5. The molecule has 0 bridgehead atoms. The maximum atomic E-state index is 13.0. The first-order chi connectivity index (χ1) is 14.8. The summed E-state index contributed by atoms with van der Waals surface area (Å²) in [6.07, 6.45) is 0.717. The molecule has 1 saturated heterocycles. The molecular formula is C22H23N3O6. The predicted octanol–water partition coefficient (Wildman–Crippen LogP) is 1.58. The largest absolute Gasteiger partial charge is 0.479 e. The van der Waals surface area contributed by atoms with E-state index in [1.165, 1.54) is 18.1 Å². The summed E-state index contributed by atoms with van der Waals surface area (Å²) in [5, 5.41) is 0. The van der Waals surface area contributed by atoms with Crippen LogP contribution in [0, 0.1) is 0 Å². The van der Waals surface area contributed by atoms with Crippen molar-refractivity contribution in [1.29, 1.82) is 0 Å². The molecule has 2 aliphatic rings. The summed E-state index contributed by atoms with van der Waals surface area (Å²) >= 11 is 0. The molecule has 9 nitrogen and oxygen atoms in total. The summed E-state index contributed by atoms with van der Waals surface area (Å²) in [6, 6.07) is 8.12. The first-order valence-corrected chi connectivity index (χ1v) is 10.1. The molecule has 0 radical (unpaired) electrons. The number of anilines is 1. The highest BCUT2D eigenvalue weighted by molar-refractivity contribution is 6.05. The second-order valence-corrected chi connectivity index (χ2v) is 7.57. The van der Waals surface area contributed by atoms with E-state index in [1.54, 1.807) is 47.1 Å². The van der Waals surface area contributed by atoms with Crippen molar-refractivity contribution in [2.75, 3.05) is 37.6 Å². The van der Waals surface area contributed by atoms with Crippen LogP contribution in [0.4, 0.5) is 5.69 Å². The molecule has 1 aromatic carbocycles. The number of benzene rings is 1. The van der Waals surface area contributed by atoms with E-state index in [2.05, 4.69) is 0 Å². The lowest BCUT2D eigenvalue weighted by Gasteiger charge is -2.37. The first kappa shape index (κ1) is 20.6. The van der Waals surface area contributed by atoms with Crippen molar-refractivity contribution in [2.45, 2.75) is 20.0 Å². The Balaban J connectivity index is 1.45. The number of Topliss-reactive ketones (excluding diaryl/α,β-unsaturated/α-hetero) is 1. The van der Waals surface area contributed by atoms with Crippen molar-refractivity contribution in [3.8, 4) is 5.75 Å². The number of amides is 3. The van der Waals surface area contributed by atoms with Crippen molar-refractivity contribution in [3.63, 3.8) is 0 Å². The molecule has 31 heavy (non-hydrogen) atoms. The van der Waals surface area contributed by atoms with Gasteiger partial charge in [0.2, 0.25) is 5.91 Å². The van der Waals surface area contributed by atoms with Gasteiger partial charge in [-0.25, -0.2) is 0 Å². The van der Waals surface area contributed by atoms with E-state index >= 15 is 0 Å². The van der Waals surface area contributed by atoms with Gasteiger partial charge in [0.15, 0.2) is 17.6 Å². The third-order valence-corrected chi connectivity index (χ3v) is 5.52. The van der Waals surface area contributed by atoms with Crippen molar-refractivity contribution in [3.05, 3.63) is 47.9 Å². The van der Waals surface area contributed by atoms with Crippen LogP contribution < -0.4 is 9.64 Å². The lowest BCUT2D eigenvalue weighted by molar-refractivity contribution is -0.134. The molecule has 4 rings (SSSR count). The van der Waals surface area contributed by atoms with E-state index in [0.29, 0.717) is 43.2 Å². The van der Waals surface area contributed by atoms with Gasteiger partial charge in [-0.15, -0.1) is 0 Å². The van der Waals surface area contributed by atoms with Crippen LogP contribution in [-0.2, 0) is 9.59 Å². The van der Waals surface area contributed by atoms with Crippen LogP contribution in [0.5, 0.6) is 5.75 Å². The molecule has 0 spiro atoms. The van der Waals surface area contributed by atoms with Gasteiger partial charge in [-0.2, -0.15) is 0 Å². The minimum atomic E-state index is -0.730. The number of hydrogen-bond donors (Lipinski definition) is 0. The number of furan rings is 1. The highest BCUT2D eigenvalue weighted by atomic mass is 16.5. The number of hydrogen-bond acceptors (Lipinski definition) is 6. The van der Waals surface area contributed by atoms with Gasteiger partial charge in [0.25, 0.3) is 11.8 Å². The van der Waals surface area contributed by atoms with Gasteiger partial charge >= 0.3 is 0 Å². The Bertz CT molecular complexity index is 1020. The minimum absolute atomic E-state index is 0.141. The van der Waals surface area contributed by atoms with Gasteiger partial charge < -0.3 is 19.0 Å². The fourth-order valence-electron chi connectivity index (χ4n) is 3.74. The zero-order chi connectivity index (χ0) is 22.1. The molecular weight excluding hydrogens is 402 g/mol. The summed E-state index contributed by atoms with van der Waals surface area (Å²) in [7, 11) is 0. The molecule has 1 aromatic heterocycles. The molecule has 3 amide bonds. The average Bonchev–Trinajstić information content (AvgIpc) is 3.31. The topological polar surface area (TPSA) is 100 Å². The molecule has 2 aliphatic heterocycles. The second-order valence-electron chi connectivity index (χ2n) is 7.57. The van der Waals surface area contributed by atoms with Crippen molar-refractivity contribution in [2.24, 2.45) is 0 Å². The number of ketones is 1. The Kier molecular flexibility index (Phi) is 5.50. The third-order valence-electron chi connectivity index (χ3n) is 5.52. The van der Waals surface area contributed by atoms with E-state index in [4.69, 9.17) is 9.15 Å². The van der Waals surface area contributed by atoms with Gasteiger partial charge in [0.05, 0.1) is 12.0 Å². The van der Waals surface area contributed by atoms with Crippen LogP contribution in [0.15, 0.2) is 41.0 Å². The number of rotatable bonds is 4. The minimum Gasteiger partial charge on any atom is -0.479 e. The van der Waals surface area contributed by atoms with E-state index in [0.717, 1.165) is 0 Å². The van der Waals surface area contributed by atoms with Crippen LogP contribution >= 0.6 is 0 Å². The lowest BCUT2D eigenvalue weighted by atomic mass is 10.1. The van der Waals surface area contributed by atoms with Crippen molar-refractivity contribution < 1.29 is 28.3 Å². The molecule has 1 fully saturated rings. The normalized spacial score (nSPS) is 18.5. The molecule has 1 atom stereocenters. The number of carbonyl (C=O) groups excluding carboxylic acids is 4. The standard InChI is InChI=1S/C22H23N3O6/c1-14(26)16-5-6-18-17(12-16)25(21(28)15(2)31-18)13-20(27)23-7-9-24(10-8-23)22(29)19-4-3-11-30-19/h3-6,11-12,15H,7-10,13H2,1-2H3. The zero-order valence-corrected chi connectivity index (χ0v) is 17.4. The SMILES string of the molecule is CC(=O)c1ccc2c(c1)N(CC(=O)N1CCN(C(=O)c3ccco3)CC1)C(=O)C(C)O2. The smallest absolute Gasteiger partial charge is 0.289 e. The van der Waals surface area contributed by atoms with E-state index < -0.39 is 6.10 Å². The van der Waals surface area contributed by atoms with Crippen molar-refractivity contribution >= 4 is 29.2 Å². The van der Waals surface area contributed by atoms with E-state index in [1.807, 2.05) is 0 Å². The number of piperazine rings is 1. The van der Waals surface area contributed by atoms with Crippen LogP contribution in [0.2, 0.25) is 0 Å². The molecule has 0 saturated carbocycles. The first-order valence-electron chi connectivity index (χ1n) is 10.1. The zero-order valence-electron chi connectivity index (χ0n) is 17.4. The Hall–Kier alpha value is -3.62. The Morgan fingerprint density at radius 3 is 2.42 bits per heavy atom. The third kappa shape index (κ3) is 4.03. The predicted molar refractivity (Wildman–Crippen MR) is 110 cm³/mol. The highest BCUT2D eigenvalue weighted by Gasteiger charge is 2.35. The summed E-state index contributed by atoms with van der Waals surface area (Å²) < 4.78 is 10.8. The summed E-state index contributed by atoms with van der Waals surface area (Å²) in [5.41, 5.74) is 0.850. The van der Waals surface area contributed by atoms with E-state index in [9.17, 15) is 19.2 Å². The van der Waals surface area contributed by atoms with E-state index in [-0.39, 0.29) is 35.8 Å². The fraction of sp³-hybridized carbons (Fsp3) is 0.364. The maximum Gasteiger partial charge on any atom is 0.289 e. The van der Waals surface area contributed by atoms with Crippen molar-refractivity contribution in [1.82, 2.24) is 9.80 Å². The monoisotopic (exact) mass is 425 g/mol. The number of fused-ring (bicyclic) bond motifs is 1. The molecule has 1 unspecified atom stereocenters. The summed E-state index contributed by atoms with van der Waals surface area (Å²) in [5.74, 6) is -0.193. The van der Waals surface area contributed by atoms with Crippen LogP contribution in [0.3, 0.4) is 0 Å². The van der Waals surface area contributed by atoms with Gasteiger partial charge in [-0.3, -0.25) is 24.1 Å². The number of nitrogens with zero attached hydrogens (tertiary/aromatic N) is 3. The Morgan fingerprint density at radius 1 is 1.06 bits per heavy atom.